The van der Waals surface area contributed by atoms with Crippen LogP contribution in [0.5, 0.6) is 0 Å². The van der Waals surface area contributed by atoms with Crippen molar-refractivity contribution in [1.29, 1.82) is 0 Å². The minimum atomic E-state index is -3.34. The number of carbonyl (C=O) groups is 1. The first-order valence-electron chi connectivity index (χ1n) is 9.94. The van der Waals surface area contributed by atoms with Crippen LogP contribution >= 0.6 is 0 Å². The molecule has 1 amide bonds. The zero-order valence-electron chi connectivity index (χ0n) is 17.0. The van der Waals surface area contributed by atoms with Crippen molar-refractivity contribution >= 4 is 15.9 Å². The van der Waals surface area contributed by atoms with Gasteiger partial charge in [-0.3, -0.25) is 9.69 Å². The maximum Gasteiger partial charge on any atom is 0.234 e. The van der Waals surface area contributed by atoms with E-state index in [0.717, 1.165) is 16.7 Å². The molecule has 1 heterocycles. The third kappa shape index (κ3) is 5.88. The SMILES string of the molecule is Cc1ccccc1[C@@H](C)NC(=O)CN1CCN(S(=O)(=O)Cc2ccccc2)CC1. The van der Waals surface area contributed by atoms with Crippen LogP contribution in [0.15, 0.2) is 54.6 Å². The number of nitrogens with one attached hydrogen (secondary N) is 1. The standard InChI is InChI=1S/C22H29N3O3S/c1-18-8-6-7-11-21(18)19(2)23-22(26)16-24-12-14-25(15-13-24)29(27,28)17-20-9-4-3-5-10-20/h3-11,19H,12-17H2,1-2H3,(H,23,26)/t19-/m1/s1. The molecule has 2 aromatic carbocycles. The van der Waals surface area contributed by atoms with E-state index in [1.165, 1.54) is 4.31 Å². The first kappa shape index (κ1) is 21.5. The number of hydrogen-bond donors (Lipinski definition) is 1. The van der Waals surface area contributed by atoms with E-state index in [2.05, 4.69) is 5.32 Å². The summed E-state index contributed by atoms with van der Waals surface area (Å²) in [5, 5.41) is 3.05. The van der Waals surface area contributed by atoms with Crippen LogP contribution in [-0.2, 0) is 20.6 Å². The highest BCUT2D eigenvalue weighted by molar-refractivity contribution is 7.88. The molecule has 0 saturated carbocycles. The molecule has 1 fully saturated rings. The van der Waals surface area contributed by atoms with Crippen molar-refractivity contribution in [2.45, 2.75) is 25.6 Å². The van der Waals surface area contributed by atoms with Gasteiger partial charge in [0.2, 0.25) is 15.9 Å². The quantitative estimate of drug-likeness (QED) is 0.754. The fourth-order valence-corrected chi connectivity index (χ4v) is 5.20. The molecule has 0 bridgehead atoms. The largest absolute Gasteiger partial charge is 0.348 e. The van der Waals surface area contributed by atoms with Gasteiger partial charge in [0.25, 0.3) is 0 Å². The summed E-state index contributed by atoms with van der Waals surface area (Å²) in [4.78, 5) is 14.4. The van der Waals surface area contributed by atoms with Crippen LogP contribution < -0.4 is 5.32 Å². The van der Waals surface area contributed by atoms with Crippen molar-refractivity contribution in [1.82, 2.24) is 14.5 Å². The number of aryl methyl sites for hydroxylation is 1. The van der Waals surface area contributed by atoms with E-state index in [9.17, 15) is 13.2 Å². The molecule has 1 aliphatic rings. The molecule has 3 rings (SSSR count). The smallest absolute Gasteiger partial charge is 0.234 e. The van der Waals surface area contributed by atoms with Crippen LogP contribution in [0, 0.1) is 6.92 Å². The van der Waals surface area contributed by atoms with Crippen LogP contribution in [0.4, 0.5) is 0 Å². The lowest BCUT2D eigenvalue weighted by Gasteiger charge is -2.33. The Kier molecular flexibility index (Phi) is 7.05. The minimum absolute atomic E-state index is 0.0161. The van der Waals surface area contributed by atoms with Crippen molar-refractivity contribution in [2.24, 2.45) is 0 Å². The number of piperazine rings is 1. The Morgan fingerprint density at radius 1 is 1.00 bits per heavy atom. The highest BCUT2D eigenvalue weighted by atomic mass is 32.2. The maximum absolute atomic E-state index is 12.6. The van der Waals surface area contributed by atoms with E-state index in [1.54, 1.807) is 0 Å². The molecule has 0 aliphatic carbocycles. The highest BCUT2D eigenvalue weighted by Gasteiger charge is 2.28. The number of hydrogen-bond acceptors (Lipinski definition) is 4. The molecule has 0 unspecified atom stereocenters. The van der Waals surface area contributed by atoms with Crippen LogP contribution in [0.2, 0.25) is 0 Å². The highest BCUT2D eigenvalue weighted by Crippen LogP contribution is 2.17. The number of amides is 1. The fraction of sp³-hybridized carbons (Fsp3) is 0.409. The third-order valence-corrected chi connectivity index (χ3v) is 7.17. The molecule has 0 radical (unpaired) electrons. The van der Waals surface area contributed by atoms with Gasteiger partial charge in [-0.2, -0.15) is 4.31 Å². The average Bonchev–Trinajstić information content (AvgIpc) is 2.69. The van der Waals surface area contributed by atoms with Gasteiger partial charge in [-0.05, 0) is 30.5 Å². The molecular weight excluding hydrogens is 386 g/mol. The topological polar surface area (TPSA) is 69.7 Å². The van der Waals surface area contributed by atoms with Gasteiger partial charge in [-0.25, -0.2) is 8.42 Å². The van der Waals surface area contributed by atoms with Gasteiger partial charge in [0.05, 0.1) is 18.3 Å². The zero-order valence-corrected chi connectivity index (χ0v) is 17.9. The molecule has 156 valence electrons. The second-order valence-electron chi connectivity index (χ2n) is 7.56. The van der Waals surface area contributed by atoms with Gasteiger partial charge in [0, 0.05) is 26.2 Å². The molecule has 1 aliphatic heterocycles. The molecular formula is C22H29N3O3S. The molecule has 6 nitrogen and oxygen atoms in total. The summed E-state index contributed by atoms with van der Waals surface area (Å²) in [6.07, 6.45) is 0. The Balaban J connectivity index is 1.48. The van der Waals surface area contributed by atoms with Crippen molar-refractivity contribution in [3.8, 4) is 0 Å². The number of rotatable bonds is 7. The van der Waals surface area contributed by atoms with E-state index < -0.39 is 10.0 Å². The van der Waals surface area contributed by atoms with Gasteiger partial charge in [-0.1, -0.05) is 54.6 Å². The fourth-order valence-electron chi connectivity index (χ4n) is 3.68. The zero-order chi connectivity index (χ0) is 20.9. The Morgan fingerprint density at radius 3 is 2.28 bits per heavy atom. The number of nitrogens with zero attached hydrogens (tertiary/aromatic N) is 2. The van der Waals surface area contributed by atoms with Crippen LogP contribution in [0.1, 0.15) is 29.7 Å². The monoisotopic (exact) mass is 415 g/mol. The van der Waals surface area contributed by atoms with Gasteiger partial charge in [0.1, 0.15) is 0 Å². The van der Waals surface area contributed by atoms with Crippen LogP contribution in [-0.4, -0.2) is 56.3 Å². The normalized spacial score (nSPS) is 17.0. The number of benzene rings is 2. The second-order valence-corrected chi connectivity index (χ2v) is 9.53. The summed E-state index contributed by atoms with van der Waals surface area (Å²) in [5.74, 6) is -0.0243. The first-order chi connectivity index (χ1) is 13.8. The van der Waals surface area contributed by atoms with Gasteiger partial charge < -0.3 is 5.32 Å². The molecule has 1 atom stereocenters. The van der Waals surface area contributed by atoms with E-state index in [4.69, 9.17) is 0 Å². The molecule has 2 aromatic rings. The predicted octanol–water partition coefficient (Wildman–Crippen LogP) is 2.32. The van der Waals surface area contributed by atoms with Gasteiger partial charge in [-0.15, -0.1) is 0 Å². The third-order valence-electron chi connectivity index (χ3n) is 5.32. The molecule has 29 heavy (non-hydrogen) atoms. The Labute approximate surface area is 173 Å². The van der Waals surface area contributed by atoms with Gasteiger partial charge in [0.15, 0.2) is 0 Å². The molecule has 0 aromatic heterocycles. The Morgan fingerprint density at radius 2 is 1.62 bits per heavy atom. The van der Waals surface area contributed by atoms with Crippen molar-refractivity contribution in [3.05, 3.63) is 71.3 Å². The van der Waals surface area contributed by atoms with Crippen molar-refractivity contribution < 1.29 is 13.2 Å². The van der Waals surface area contributed by atoms with E-state index in [1.807, 2.05) is 73.3 Å². The average molecular weight is 416 g/mol. The molecule has 1 N–H and O–H groups in total. The summed E-state index contributed by atoms with van der Waals surface area (Å²) in [6, 6.07) is 17.2. The van der Waals surface area contributed by atoms with Crippen LogP contribution in [0.25, 0.3) is 0 Å². The lowest BCUT2D eigenvalue weighted by Crippen LogP contribution is -2.51. The molecule has 7 heteroatoms. The van der Waals surface area contributed by atoms with Crippen LogP contribution in [0.3, 0.4) is 0 Å². The van der Waals surface area contributed by atoms with E-state index in [0.29, 0.717) is 26.2 Å². The maximum atomic E-state index is 12.6. The lowest BCUT2D eigenvalue weighted by molar-refractivity contribution is -0.123. The summed E-state index contributed by atoms with van der Waals surface area (Å²) < 4.78 is 26.8. The molecule has 1 saturated heterocycles. The van der Waals surface area contributed by atoms with E-state index in [-0.39, 0.29) is 24.2 Å². The minimum Gasteiger partial charge on any atom is -0.348 e. The first-order valence-corrected chi connectivity index (χ1v) is 11.5. The Bertz CT molecular complexity index is 923. The second kappa shape index (κ2) is 9.52. The number of sulfonamides is 1. The van der Waals surface area contributed by atoms with Gasteiger partial charge >= 0.3 is 0 Å². The molecule has 0 spiro atoms. The summed E-state index contributed by atoms with van der Waals surface area (Å²) in [7, 11) is -3.34. The summed E-state index contributed by atoms with van der Waals surface area (Å²) >= 11 is 0. The summed E-state index contributed by atoms with van der Waals surface area (Å²) in [6.45, 7) is 6.23. The number of carbonyl (C=O) groups excluding carboxylic acids is 1. The summed E-state index contributed by atoms with van der Waals surface area (Å²) in [5.41, 5.74) is 3.05. The van der Waals surface area contributed by atoms with E-state index >= 15 is 0 Å². The lowest BCUT2D eigenvalue weighted by atomic mass is 10.0. The van der Waals surface area contributed by atoms with Crippen molar-refractivity contribution in [3.63, 3.8) is 0 Å². The van der Waals surface area contributed by atoms with Crippen molar-refractivity contribution in [2.75, 3.05) is 32.7 Å². The Hall–Kier alpha value is -2.22. The predicted molar refractivity (Wildman–Crippen MR) is 115 cm³/mol.